The molecule has 0 unspecified atom stereocenters. The number of halogens is 1. The van der Waals surface area contributed by atoms with Gasteiger partial charge in [-0.2, -0.15) is 0 Å². The smallest absolute Gasteiger partial charge is 0.129 e. The van der Waals surface area contributed by atoms with E-state index in [-0.39, 0.29) is 17.9 Å². The zero-order valence-corrected chi connectivity index (χ0v) is 7.29. The average molecular weight is 185 g/mol. The van der Waals surface area contributed by atoms with Crippen molar-refractivity contribution >= 4 is 0 Å². The number of benzene rings is 1. The zero-order valence-electron chi connectivity index (χ0n) is 7.29. The topological polar surface area (TPSA) is 66.5 Å². The minimum absolute atomic E-state index is 0.154. The maximum absolute atomic E-state index is 12.9. The molecule has 0 aliphatic rings. The van der Waals surface area contributed by atoms with E-state index < -0.39 is 11.9 Å². The Morgan fingerprint density at radius 1 is 1.54 bits per heavy atom. The van der Waals surface area contributed by atoms with Crippen molar-refractivity contribution in [2.45, 2.75) is 13.0 Å². The van der Waals surface area contributed by atoms with E-state index in [0.29, 0.717) is 5.56 Å². The molecule has 0 fully saturated rings. The molecule has 0 saturated heterocycles. The van der Waals surface area contributed by atoms with Crippen LogP contribution in [0.2, 0.25) is 0 Å². The number of aliphatic hydroxyl groups excluding tert-OH is 1. The lowest BCUT2D eigenvalue weighted by molar-refractivity contribution is 0.265. The van der Waals surface area contributed by atoms with Crippen LogP contribution >= 0.6 is 0 Å². The minimum Gasteiger partial charge on any atom is -0.507 e. The summed E-state index contributed by atoms with van der Waals surface area (Å²) < 4.78 is 12.9. The van der Waals surface area contributed by atoms with E-state index in [2.05, 4.69) is 0 Å². The van der Waals surface area contributed by atoms with Gasteiger partial charge >= 0.3 is 0 Å². The molecule has 3 nitrogen and oxygen atoms in total. The highest BCUT2D eigenvalue weighted by molar-refractivity contribution is 5.42. The third-order valence-electron chi connectivity index (χ3n) is 1.99. The van der Waals surface area contributed by atoms with Crippen molar-refractivity contribution in [1.82, 2.24) is 0 Å². The summed E-state index contributed by atoms with van der Waals surface area (Å²) in [5, 5.41) is 18.2. The van der Waals surface area contributed by atoms with Crippen molar-refractivity contribution in [1.29, 1.82) is 0 Å². The Kier molecular flexibility index (Phi) is 2.85. The van der Waals surface area contributed by atoms with Gasteiger partial charge in [-0.1, -0.05) is 6.07 Å². The molecule has 4 heteroatoms. The van der Waals surface area contributed by atoms with Crippen LogP contribution in [-0.2, 0) is 0 Å². The first-order valence-corrected chi connectivity index (χ1v) is 3.92. The molecule has 1 atom stereocenters. The van der Waals surface area contributed by atoms with Gasteiger partial charge in [0.1, 0.15) is 11.6 Å². The van der Waals surface area contributed by atoms with E-state index in [4.69, 9.17) is 10.8 Å². The van der Waals surface area contributed by atoms with E-state index >= 15 is 0 Å². The van der Waals surface area contributed by atoms with Crippen LogP contribution in [0, 0.1) is 12.7 Å². The third kappa shape index (κ3) is 1.79. The van der Waals surface area contributed by atoms with Gasteiger partial charge in [-0.3, -0.25) is 0 Å². The third-order valence-corrected chi connectivity index (χ3v) is 1.99. The SMILES string of the molecule is Cc1c(F)ccc([C@H](N)CO)c1O. The van der Waals surface area contributed by atoms with Crippen LogP contribution in [0.5, 0.6) is 5.75 Å². The van der Waals surface area contributed by atoms with Gasteiger partial charge in [-0.25, -0.2) is 4.39 Å². The summed E-state index contributed by atoms with van der Waals surface area (Å²) in [4.78, 5) is 0. The van der Waals surface area contributed by atoms with Gasteiger partial charge in [0.05, 0.1) is 12.6 Å². The average Bonchev–Trinajstić information content (AvgIpc) is 2.13. The summed E-state index contributed by atoms with van der Waals surface area (Å²) in [5.74, 6) is -0.659. The Balaban J connectivity index is 3.18. The minimum atomic E-state index is -0.667. The van der Waals surface area contributed by atoms with Crippen molar-refractivity contribution in [3.05, 3.63) is 29.1 Å². The van der Waals surface area contributed by atoms with E-state index in [1.807, 2.05) is 0 Å². The Bertz CT molecular complexity index is 315. The molecule has 0 heterocycles. The van der Waals surface area contributed by atoms with Crippen molar-refractivity contribution in [2.75, 3.05) is 6.61 Å². The molecule has 0 amide bonds. The van der Waals surface area contributed by atoms with Crippen LogP contribution < -0.4 is 5.73 Å². The Labute approximate surface area is 75.6 Å². The molecule has 72 valence electrons. The second-order valence-corrected chi connectivity index (χ2v) is 2.90. The van der Waals surface area contributed by atoms with Crippen molar-refractivity contribution < 1.29 is 14.6 Å². The fraction of sp³-hybridized carbons (Fsp3) is 0.333. The summed E-state index contributed by atoms with van der Waals surface area (Å²) in [6, 6.07) is 1.93. The molecule has 0 aliphatic heterocycles. The summed E-state index contributed by atoms with van der Waals surface area (Å²) in [6.45, 7) is 1.18. The first-order chi connectivity index (χ1) is 6.07. The predicted octanol–water partition coefficient (Wildman–Crippen LogP) is 0.832. The lowest BCUT2D eigenvalue weighted by Crippen LogP contribution is -2.15. The van der Waals surface area contributed by atoms with Crippen LogP contribution in [0.15, 0.2) is 12.1 Å². The maximum atomic E-state index is 12.9. The second-order valence-electron chi connectivity index (χ2n) is 2.90. The van der Waals surface area contributed by atoms with Crippen LogP contribution in [0.3, 0.4) is 0 Å². The molecule has 13 heavy (non-hydrogen) atoms. The van der Waals surface area contributed by atoms with Crippen LogP contribution in [0.25, 0.3) is 0 Å². The molecule has 1 rings (SSSR count). The first-order valence-electron chi connectivity index (χ1n) is 3.92. The van der Waals surface area contributed by atoms with Crippen molar-refractivity contribution in [2.24, 2.45) is 5.73 Å². The molecule has 0 spiro atoms. The number of aromatic hydroxyl groups is 1. The van der Waals surface area contributed by atoms with E-state index in [9.17, 15) is 9.50 Å². The first kappa shape index (κ1) is 9.95. The highest BCUT2D eigenvalue weighted by Gasteiger charge is 2.13. The Morgan fingerprint density at radius 2 is 2.15 bits per heavy atom. The lowest BCUT2D eigenvalue weighted by atomic mass is 10.0. The van der Waals surface area contributed by atoms with Gasteiger partial charge in [0, 0.05) is 11.1 Å². The molecular weight excluding hydrogens is 173 g/mol. The van der Waals surface area contributed by atoms with Crippen LogP contribution in [0.1, 0.15) is 17.2 Å². The summed E-state index contributed by atoms with van der Waals surface area (Å²) in [5.41, 5.74) is 6.00. The number of aliphatic hydroxyl groups is 1. The zero-order chi connectivity index (χ0) is 10.0. The highest BCUT2D eigenvalue weighted by Crippen LogP contribution is 2.27. The normalized spacial score (nSPS) is 12.9. The summed E-state index contributed by atoms with van der Waals surface area (Å²) >= 11 is 0. The molecule has 0 saturated carbocycles. The van der Waals surface area contributed by atoms with Crippen molar-refractivity contribution in [3.63, 3.8) is 0 Å². The summed E-state index contributed by atoms with van der Waals surface area (Å²) in [7, 11) is 0. The standard InChI is InChI=1S/C9H12FNO2/c1-5-7(10)3-2-6(9(5)13)8(11)4-12/h2-3,8,12-13H,4,11H2,1H3/t8-/m1/s1. The predicted molar refractivity (Wildman–Crippen MR) is 46.8 cm³/mol. The molecule has 0 radical (unpaired) electrons. The Hall–Kier alpha value is -1.13. The lowest BCUT2D eigenvalue weighted by Gasteiger charge is -2.12. The molecule has 0 aliphatic carbocycles. The highest BCUT2D eigenvalue weighted by atomic mass is 19.1. The van der Waals surface area contributed by atoms with Crippen molar-refractivity contribution in [3.8, 4) is 5.75 Å². The van der Waals surface area contributed by atoms with Crippen LogP contribution in [0.4, 0.5) is 4.39 Å². The van der Waals surface area contributed by atoms with E-state index in [1.165, 1.54) is 19.1 Å². The summed E-state index contributed by atoms with van der Waals surface area (Å²) in [6.07, 6.45) is 0. The number of phenolic OH excluding ortho intramolecular Hbond substituents is 1. The molecule has 1 aromatic rings. The van der Waals surface area contributed by atoms with Gasteiger partial charge in [0.15, 0.2) is 0 Å². The van der Waals surface area contributed by atoms with E-state index in [1.54, 1.807) is 0 Å². The van der Waals surface area contributed by atoms with Gasteiger partial charge in [-0.05, 0) is 13.0 Å². The maximum Gasteiger partial charge on any atom is 0.129 e. The van der Waals surface area contributed by atoms with Gasteiger partial charge in [0.25, 0.3) is 0 Å². The molecule has 1 aromatic carbocycles. The number of phenols is 1. The number of rotatable bonds is 2. The number of hydrogen-bond donors (Lipinski definition) is 3. The molecule has 0 aromatic heterocycles. The number of nitrogens with two attached hydrogens (primary N) is 1. The molecule has 0 bridgehead atoms. The Morgan fingerprint density at radius 3 is 2.69 bits per heavy atom. The second kappa shape index (κ2) is 3.72. The van der Waals surface area contributed by atoms with Gasteiger partial charge in [-0.15, -0.1) is 0 Å². The number of hydrogen-bond acceptors (Lipinski definition) is 3. The fourth-order valence-corrected chi connectivity index (χ4v) is 1.09. The quantitative estimate of drug-likeness (QED) is 0.639. The molecule has 4 N–H and O–H groups in total. The largest absolute Gasteiger partial charge is 0.507 e. The molecular formula is C9H12FNO2. The van der Waals surface area contributed by atoms with Crippen LogP contribution in [-0.4, -0.2) is 16.8 Å². The van der Waals surface area contributed by atoms with Gasteiger partial charge < -0.3 is 15.9 Å². The fourth-order valence-electron chi connectivity index (χ4n) is 1.09. The van der Waals surface area contributed by atoms with Gasteiger partial charge in [0.2, 0.25) is 0 Å². The monoisotopic (exact) mass is 185 g/mol. The van der Waals surface area contributed by atoms with E-state index in [0.717, 1.165) is 0 Å².